The van der Waals surface area contributed by atoms with Crippen LogP contribution in [0.4, 0.5) is 5.69 Å². The summed E-state index contributed by atoms with van der Waals surface area (Å²) in [4.78, 5) is 19.3. The first-order chi connectivity index (χ1) is 9.78. The van der Waals surface area contributed by atoms with Gasteiger partial charge in [-0.25, -0.2) is 0 Å². The summed E-state index contributed by atoms with van der Waals surface area (Å²) in [5.41, 5.74) is 1.74. The largest absolute Gasteiger partial charge is 0.484 e. The third-order valence-electron chi connectivity index (χ3n) is 2.57. The van der Waals surface area contributed by atoms with Crippen molar-refractivity contribution in [3.8, 4) is 5.75 Å². The Labute approximate surface area is 117 Å². The molecule has 20 heavy (non-hydrogen) atoms. The Kier molecular flexibility index (Phi) is 4.88. The quantitative estimate of drug-likeness (QED) is 0.826. The van der Waals surface area contributed by atoms with Gasteiger partial charge in [-0.05, 0) is 12.1 Å². The Morgan fingerprint density at radius 2 is 2.25 bits per heavy atom. The fourth-order valence-electron chi connectivity index (χ4n) is 1.53. The molecule has 1 aromatic carbocycles. The number of carbonyl (C=O) groups excluding carboxylic acids is 1. The van der Waals surface area contributed by atoms with E-state index in [-0.39, 0.29) is 12.5 Å². The summed E-state index contributed by atoms with van der Waals surface area (Å²) in [6.07, 6.45) is 5.00. The molecule has 104 valence electrons. The number of nitrogens with zero attached hydrogens (tertiary/aromatic N) is 2. The monoisotopic (exact) mass is 272 g/mol. The molecule has 2 aromatic rings. The Bertz CT molecular complexity index is 560. The molecule has 0 saturated carbocycles. The van der Waals surface area contributed by atoms with Crippen LogP contribution in [0, 0.1) is 0 Å². The minimum Gasteiger partial charge on any atom is -0.484 e. The van der Waals surface area contributed by atoms with Crippen LogP contribution in [0.2, 0.25) is 0 Å². The van der Waals surface area contributed by atoms with Crippen LogP contribution in [0.1, 0.15) is 5.69 Å². The molecule has 1 aromatic heterocycles. The van der Waals surface area contributed by atoms with Gasteiger partial charge < -0.3 is 15.4 Å². The molecule has 0 aliphatic carbocycles. The number of hydrogen-bond acceptors (Lipinski definition) is 5. The molecule has 1 heterocycles. The molecule has 0 atom stereocenters. The van der Waals surface area contributed by atoms with Gasteiger partial charge in [-0.3, -0.25) is 14.8 Å². The number of likely N-dealkylation sites (N-methyl/N-ethyl adjacent to an activating group) is 1. The highest BCUT2D eigenvalue weighted by Gasteiger charge is 2.01. The maximum atomic E-state index is 11.1. The van der Waals surface area contributed by atoms with Crippen molar-refractivity contribution in [2.24, 2.45) is 0 Å². The maximum Gasteiger partial charge on any atom is 0.257 e. The molecule has 0 unspecified atom stereocenters. The van der Waals surface area contributed by atoms with E-state index in [0.717, 1.165) is 11.4 Å². The Morgan fingerprint density at radius 3 is 3.00 bits per heavy atom. The van der Waals surface area contributed by atoms with Crippen LogP contribution in [-0.4, -0.2) is 29.5 Å². The number of aromatic nitrogens is 2. The molecule has 0 aliphatic heterocycles. The number of hydrogen-bond donors (Lipinski definition) is 2. The molecule has 2 N–H and O–H groups in total. The molecule has 6 heteroatoms. The summed E-state index contributed by atoms with van der Waals surface area (Å²) >= 11 is 0. The lowest BCUT2D eigenvalue weighted by Crippen LogP contribution is -2.24. The third-order valence-corrected chi connectivity index (χ3v) is 2.57. The molecular weight excluding hydrogens is 256 g/mol. The second-order valence-electron chi connectivity index (χ2n) is 4.04. The van der Waals surface area contributed by atoms with E-state index in [1.165, 1.54) is 0 Å². The summed E-state index contributed by atoms with van der Waals surface area (Å²) in [5, 5.41) is 5.72. The second-order valence-corrected chi connectivity index (χ2v) is 4.04. The third kappa shape index (κ3) is 4.24. The fourth-order valence-corrected chi connectivity index (χ4v) is 1.53. The van der Waals surface area contributed by atoms with Crippen molar-refractivity contribution < 1.29 is 9.53 Å². The zero-order chi connectivity index (χ0) is 14.2. The highest BCUT2D eigenvalue weighted by atomic mass is 16.5. The van der Waals surface area contributed by atoms with E-state index in [2.05, 4.69) is 20.6 Å². The number of rotatable bonds is 6. The number of nitrogens with one attached hydrogen (secondary N) is 2. The molecule has 2 rings (SSSR count). The van der Waals surface area contributed by atoms with Crippen LogP contribution in [-0.2, 0) is 11.3 Å². The van der Waals surface area contributed by atoms with Gasteiger partial charge in [-0.15, -0.1) is 0 Å². The van der Waals surface area contributed by atoms with Gasteiger partial charge in [0.05, 0.1) is 18.4 Å². The van der Waals surface area contributed by atoms with Crippen molar-refractivity contribution >= 4 is 11.6 Å². The van der Waals surface area contributed by atoms with E-state index in [0.29, 0.717) is 12.3 Å². The maximum absolute atomic E-state index is 11.1. The van der Waals surface area contributed by atoms with Crippen molar-refractivity contribution in [2.75, 3.05) is 19.0 Å². The normalized spacial score (nSPS) is 9.85. The highest BCUT2D eigenvalue weighted by molar-refractivity contribution is 5.77. The minimum absolute atomic E-state index is 0.00408. The van der Waals surface area contributed by atoms with Gasteiger partial charge in [0.15, 0.2) is 6.61 Å². The lowest BCUT2D eigenvalue weighted by atomic mass is 10.3. The van der Waals surface area contributed by atoms with Gasteiger partial charge in [-0.1, -0.05) is 6.07 Å². The Morgan fingerprint density at radius 1 is 1.35 bits per heavy atom. The number of ether oxygens (including phenoxy) is 1. The standard InChI is InChI=1S/C14H16N4O2/c1-15-14(19)10-20-13-4-2-3-11(7-13)18-9-12-8-16-5-6-17-12/h2-8,18H,9-10H2,1H3,(H,15,19). The molecule has 0 fully saturated rings. The number of anilines is 1. The highest BCUT2D eigenvalue weighted by Crippen LogP contribution is 2.17. The summed E-state index contributed by atoms with van der Waals surface area (Å²) in [5.74, 6) is 0.473. The van der Waals surface area contributed by atoms with Crippen LogP contribution in [0.3, 0.4) is 0 Å². The van der Waals surface area contributed by atoms with Crippen molar-refractivity contribution in [1.29, 1.82) is 0 Å². The lowest BCUT2D eigenvalue weighted by Gasteiger charge is -2.09. The summed E-state index contributed by atoms with van der Waals surface area (Å²) < 4.78 is 5.37. The van der Waals surface area contributed by atoms with Crippen molar-refractivity contribution in [3.05, 3.63) is 48.5 Å². The summed E-state index contributed by atoms with van der Waals surface area (Å²) in [6.45, 7) is 0.580. The molecule has 0 radical (unpaired) electrons. The van der Waals surface area contributed by atoms with Gasteiger partial charge in [-0.2, -0.15) is 0 Å². The zero-order valence-corrected chi connectivity index (χ0v) is 11.2. The van der Waals surface area contributed by atoms with Gasteiger partial charge >= 0.3 is 0 Å². The first kappa shape index (κ1) is 13.8. The molecule has 0 aliphatic rings. The Balaban J connectivity index is 1.90. The predicted octanol–water partition coefficient (Wildman–Crippen LogP) is 1.21. The summed E-state index contributed by atoms with van der Waals surface area (Å²) in [6, 6.07) is 7.41. The van der Waals surface area contributed by atoms with Crippen LogP contribution in [0.25, 0.3) is 0 Å². The van der Waals surface area contributed by atoms with Gasteiger partial charge in [0.1, 0.15) is 5.75 Å². The minimum atomic E-state index is -0.164. The van der Waals surface area contributed by atoms with E-state index in [1.807, 2.05) is 18.2 Å². The van der Waals surface area contributed by atoms with Crippen LogP contribution < -0.4 is 15.4 Å². The molecule has 1 amide bonds. The lowest BCUT2D eigenvalue weighted by molar-refractivity contribution is -0.122. The molecule has 6 nitrogen and oxygen atoms in total. The van der Waals surface area contributed by atoms with Crippen LogP contribution in [0.5, 0.6) is 5.75 Å². The average Bonchev–Trinajstić information content (AvgIpc) is 2.52. The molecular formula is C14H16N4O2. The Hall–Kier alpha value is -2.63. The second kappa shape index (κ2) is 7.08. The molecule has 0 spiro atoms. The van der Waals surface area contributed by atoms with Gasteiger partial charge in [0.25, 0.3) is 5.91 Å². The van der Waals surface area contributed by atoms with Crippen LogP contribution in [0.15, 0.2) is 42.9 Å². The van der Waals surface area contributed by atoms with E-state index < -0.39 is 0 Å². The van der Waals surface area contributed by atoms with E-state index in [4.69, 9.17) is 4.74 Å². The van der Waals surface area contributed by atoms with E-state index >= 15 is 0 Å². The first-order valence-electron chi connectivity index (χ1n) is 6.20. The SMILES string of the molecule is CNC(=O)COc1cccc(NCc2cnccn2)c1. The number of benzene rings is 1. The molecule has 0 saturated heterocycles. The predicted molar refractivity (Wildman–Crippen MR) is 75.4 cm³/mol. The van der Waals surface area contributed by atoms with Crippen LogP contribution >= 0.6 is 0 Å². The van der Waals surface area contributed by atoms with E-state index in [9.17, 15) is 4.79 Å². The first-order valence-corrected chi connectivity index (χ1v) is 6.20. The smallest absolute Gasteiger partial charge is 0.257 e. The number of amides is 1. The number of carbonyl (C=O) groups is 1. The average molecular weight is 272 g/mol. The topological polar surface area (TPSA) is 76.1 Å². The molecule has 0 bridgehead atoms. The fraction of sp³-hybridized carbons (Fsp3) is 0.214. The van der Waals surface area contributed by atoms with Crippen molar-refractivity contribution in [2.45, 2.75) is 6.54 Å². The van der Waals surface area contributed by atoms with E-state index in [1.54, 1.807) is 31.7 Å². The van der Waals surface area contributed by atoms with Gasteiger partial charge in [0, 0.05) is 31.2 Å². The van der Waals surface area contributed by atoms with Gasteiger partial charge in [0.2, 0.25) is 0 Å². The summed E-state index contributed by atoms with van der Waals surface area (Å²) in [7, 11) is 1.57. The zero-order valence-electron chi connectivity index (χ0n) is 11.2. The van der Waals surface area contributed by atoms with Crippen molar-refractivity contribution in [3.63, 3.8) is 0 Å². The van der Waals surface area contributed by atoms with Crippen molar-refractivity contribution in [1.82, 2.24) is 15.3 Å².